The zero-order chi connectivity index (χ0) is 36.9. The Morgan fingerprint density at radius 2 is 1.65 bits per heavy atom. The minimum Gasteiger partial charge on any atom is -0.490 e. The fraction of sp³-hybridized carbons (Fsp3) is 0.439. The predicted octanol–water partition coefficient (Wildman–Crippen LogP) is 5.51. The molecule has 276 valence electrons. The summed E-state index contributed by atoms with van der Waals surface area (Å²) in [5.41, 5.74) is 7.16. The highest BCUT2D eigenvalue weighted by Crippen LogP contribution is 2.37. The maximum Gasteiger partial charge on any atom is 0.305 e. The first kappa shape index (κ1) is 37.4. The fourth-order valence-corrected chi connectivity index (χ4v) is 7.50. The summed E-state index contributed by atoms with van der Waals surface area (Å²) in [6.45, 7) is 8.00. The molecule has 10 nitrogen and oxygen atoms in total. The molecule has 11 heteroatoms. The molecule has 3 aliphatic rings. The molecule has 2 bridgehead atoms. The van der Waals surface area contributed by atoms with Gasteiger partial charge in [0.25, 0.3) is 5.91 Å². The molecule has 1 saturated carbocycles. The number of ether oxygens (including phenoxy) is 2. The van der Waals surface area contributed by atoms with Crippen molar-refractivity contribution in [1.29, 1.82) is 0 Å². The van der Waals surface area contributed by atoms with Crippen LogP contribution in [0.1, 0.15) is 59.9 Å². The van der Waals surface area contributed by atoms with E-state index < -0.39 is 24.5 Å². The van der Waals surface area contributed by atoms with Gasteiger partial charge in [0, 0.05) is 37.3 Å². The molecule has 0 aromatic heterocycles. The number of benzene rings is 3. The average molecular weight is 730 g/mol. The molecule has 2 amide bonds. The number of carbonyl (C=O) groups is 3. The van der Waals surface area contributed by atoms with Gasteiger partial charge in [-0.1, -0.05) is 48.0 Å². The lowest BCUT2D eigenvalue weighted by Gasteiger charge is -2.45. The molecule has 1 aliphatic carbocycles. The Morgan fingerprint density at radius 3 is 2.37 bits per heavy atom. The third-order valence-corrected chi connectivity index (χ3v) is 10.6. The van der Waals surface area contributed by atoms with Crippen LogP contribution in [0.25, 0.3) is 5.57 Å². The van der Waals surface area contributed by atoms with Crippen LogP contribution in [0.5, 0.6) is 11.5 Å². The summed E-state index contributed by atoms with van der Waals surface area (Å²) in [7, 11) is 0. The van der Waals surface area contributed by atoms with Crippen LogP contribution in [0.2, 0.25) is 5.02 Å². The van der Waals surface area contributed by atoms with Crippen LogP contribution >= 0.6 is 11.6 Å². The number of nitrogens with one attached hydrogen (secondary N) is 1. The van der Waals surface area contributed by atoms with Gasteiger partial charge in [0.1, 0.15) is 24.7 Å². The van der Waals surface area contributed by atoms with Crippen molar-refractivity contribution in [2.24, 2.45) is 0 Å². The van der Waals surface area contributed by atoms with Crippen molar-refractivity contribution >= 4 is 35.0 Å². The smallest absolute Gasteiger partial charge is 0.305 e. The molecule has 6 rings (SSSR count). The number of aliphatic hydroxyl groups excluding tert-OH is 1. The van der Waals surface area contributed by atoms with E-state index in [1.165, 1.54) is 11.1 Å². The molecule has 1 saturated heterocycles. The SMILES string of the molecule is Cc1cc(Cl)c(OCCOc2ccc(C3=C(C(=O)N(CCc4ccccc4C)C4CC4)[C@H]4CN(C(=O)C[C@@H](O)CC(=O)O)C[C@@H](C3)N4)cc2)cc1C. The highest BCUT2D eigenvalue weighted by molar-refractivity contribution is 6.32. The molecular formula is C41H48ClN3O7. The second-order valence-corrected chi connectivity index (χ2v) is 14.7. The minimum absolute atomic E-state index is 0.0234. The maximum atomic E-state index is 14.7. The van der Waals surface area contributed by atoms with Crippen LogP contribution in [-0.4, -0.2) is 94.9 Å². The highest BCUT2D eigenvalue weighted by Gasteiger charge is 2.43. The van der Waals surface area contributed by atoms with Crippen molar-refractivity contribution in [1.82, 2.24) is 15.1 Å². The standard InChI is InChI=1S/C41H48ClN3O7/c1-25-6-4-5-7-28(25)14-15-45(31-10-11-31)41(50)40-34(20-30-23-44(24-36(40)43-30)38(47)21-32(46)22-39(48)49)29-8-12-33(13-9-29)51-16-17-52-37-19-27(3)26(2)18-35(37)42/h4-9,12-13,18-19,30-32,36,43,46H,10-11,14-17,20-24H2,1-3H3,(H,48,49)/t30-,32-,36-/m1/s1. The summed E-state index contributed by atoms with van der Waals surface area (Å²) in [5.74, 6) is -0.194. The zero-order valence-corrected chi connectivity index (χ0v) is 30.8. The zero-order valence-electron chi connectivity index (χ0n) is 30.1. The van der Waals surface area contributed by atoms with Crippen molar-refractivity contribution in [3.63, 3.8) is 0 Å². The van der Waals surface area contributed by atoms with E-state index in [0.29, 0.717) is 54.8 Å². The third-order valence-electron chi connectivity index (χ3n) is 10.3. The molecule has 0 radical (unpaired) electrons. The van der Waals surface area contributed by atoms with Crippen LogP contribution in [-0.2, 0) is 20.8 Å². The van der Waals surface area contributed by atoms with Gasteiger partial charge in [0.15, 0.2) is 0 Å². The van der Waals surface area contributed by atoms with E-state index in [0.717, 1.165) is 41.5 Å². The Morgan fingerprint density at radius 1 is 0.942 bits per heavy atom. The van der Waals surface area contributed by atoms with Crippen molar-refractivity contribution in [2.45, 2.75) is 83.5 Å². The number of hydrogen-bond acceptors (Lipinski definition) is 7. The molecule has 3 N–H and O–H groups in total. The molecule has 52 heavy (non-hydrogen) atoms. The Hall–Kier alpha value is -4.38. The largest absolute Gasteiger partial charge is 0.490 e. The summed E-state index contributed by atoms with van der Waals surface area (Å²) in [4.78, 5) is 42.8. The average Bonchev–Trinajstić information content (AvgIpc) is 3.94. The number of aliphatic hydroxyl groups is 1. The predicted molar refractivity (Wildman–Crippen MR) is 200 cm³/mol. The number of halogens is 1. The molecular weight excluding hydrogens is 682 g/mol. The second-order valence-electron chi connectivity index (χ2n) is 14.3. The summed E-state index contributed by atoms with van der Waals surface area (Å²) in [5, 5.41) is 23.5. The van der Waals surface area contributed by atoms with E-state index in [1.807, 2.05) is 67.3 Å². The number of amides is 2. The van der Waals surface area contributed by atoms with Crippen LogP contribution in [0.15, 0.2) is 66.2 Å². The number of aliphatic carboxylic acids is 1. The van der Waals surface area contributed by atoms with Gasteiger partial charge in [-0.3, -0.25) is 14.4 Å². The van der Waals surface area contributed by atoms with Crippen molar-refractivity contribution in [3.8, 4) is 11.5 Å². The first-order valence-corrected chi connectivity index (χ1v) is 18.5. The Labute approximate surface area is 310 Å². The van der Waals surface area contributed by atoms with Gasteiger partial charge in [-0.2, -0.15) is 0 Å². The van der Waals surface area contributed by atoms with Gasteiger partial charge in [0.05, 0.1) is 30.0 Å². The lowest BCUT2D eigenvalue weighted by Crippen LogP contribution is -2.62. The van der Waals surface area contributed by atoms with Gasteiger partial charge < -0.3 is 34.8 Å². The third kappa shape index (κ3) is 9.15. The van der Waals surface area contributed by atoms with Crippen molar-refractivity contribution in [3.05, 3.63) is 99.1 Å². The summed E-state index contributed by atoms with van der Waals surface area (Å²) < 4.78 is 11.9. The number of rotatable bonds is 15. The van der Waals surface area contributed by atoms with E-state index in [9.17, 15) is 19.5 Å². The number of carboxylic acid groups (broad SMARTS) is 1. The Bertz CT molecular complexity index is 1820. The number of nitrogens with zero attached hydrogens (tertiary/aromatic N) is 2. The van der Waals surface area contributed by atoms with Gasteiger partial charge in [-0.05, 0) is 104 Å². The quantitative estimate of drug-likeness (QED) is 0.175. The topological polar surface area (TPSA) is 129 Å². The highest BCUT2D eigenvalue weighted by atomic mass is 35.5. The van der Waals surface area contributed by atoms with Crippen LogP contribution in [0, 0.1) is 20.8 Å². The first-order chi connectivity index (χ1) is 25.0. The minimum atomic E-state index is -1.27. The van der Waals surface area contributed by atoms with Gasteiger partial charge >= 0.3 is 5.97 Å². The lowest BCUT2D eigenvalue weighted by atomic mass is 9.82. The number of carbonyl (C=O) groups excluding carboxylic acids is 2. The summed E-state index contributed by atoms with van der Waals surface area (Å²) in [6, 6.07) is 19.5. The normalized spacial score (nSPS) is 18.9. The van der Waals surface area contributed by atoms with Crippen molar-refractivity contribution in [2.75, 3.05) is 32.8 Å². The fourth-order valence-electron chi connectivity index (χ4n) is 7.23. The summed E-state index contributed by atoms with van der Waals surface area (Å²) in [6.07, 6.45) is 1.15. The Balaban J connectivity index is 1.21. The first-order valence-electron chi connectivity index (χ1n) is 18.1. The van der Waals surface area contributed by atoms with Gasteiger partial charge in [0.2, 0.25) is 5.91 Å². The number of hydrogen-bond donors (Lipinski definition) is 3. The van der Waals surface area contributed by atoms with E-state index in [1.54, 1.807) is 4.90 Å². The number of carboxylic acids is 1. The molecule has 3 aromatic rings. The van der Waals surface area contributed by atoms with Crippen molar-refractivity contribution < 1.29 is 34.1 Å². The van der Waals surface area contributed by atoms with E-state index in [4.69, 9.17) is 26.2 Å². The van der Waals surface area contributed by atoms with E-state index in [-0.39, 0.29) is 36.9 Å². The molecule has 3 atom stereocenters. The van der Waals surface area contributed by atoms with E-state index in [2.05, 4.69) is 24.4 Å². The lowest BCUT2D eigenvalue weighted by molar-refractivity contribution is -0.141. The van der Waals surface area contributed by atoms with Gasteiger partial charge in [-0.15, -0.1) is 0 Å². The number of piperazine rings is 1. The Kier molecular flexibility index (Phi) is 11.9. The van der Waals surface area contributed by atoms with E-state index >= 15 is 0 Å². The van der Waals surface area contributed by atoms with Crippen LogP contribution < -0.4 is 14.8 Å². The van der Waals surface area contributed by atoms with Crippen LogP contribution in [0.3, 0.4) is 0 Å². The van der Waals surface area contributed by atoms with Crippen LogP contribution in [0.4, 0.5) is 0 Å². The number of fused-ring (bicyclic) bond motifs is 2. The van der Waals surface area contributed by atoms with Gasteiger partial charge in [-0.25, -0.2) is 0 Å². The monoisotopic (exact) mass is 729 g/mol. The maximum absolute atomic E-state index is 14.7. The summed E-state index contributed by atoms with van der Waals surface area (Å²) >= 11 is 6.36. The molecule has 2 aliphatic heterocycles. The molecule has 2 heterocycles. The molecule has 0 spiro atoms. The number of aryl methyl sites for hydroxylation is 3. The second kappa shape index (κ2) is 16.5. The molecule has 0 unspecified atom stereocenters. The molecule has 2 fully saturated rings. The molecule has 3 aromatic carbocycles.